The molecule has 0 aliphatic carbocycles. The lowest BCUT2D eigenvalue weighted by molar-refractivity contribution is -0.153. The molecule has 2 rings (SSSR count). The maximum Gasteiger partial charge on any atom is 0.303 e. The van der Waals surface area contributed by atoms with E-state index in [1.165, 1.54) is 16.3 Å². The molecule has 1 aliphatic rings. The molecule has 0 aromatic heterocycles. The van der Waals surface area contributed by atoms with Crippen molar-refractivity contribution in [2.24, 2.45) is 0 Å². The molecule has 1 aliphatic heterocycles. The van der Waals surface area contributed by atoms with Crippen LogP contribution in [0.1, 0.15) is 6.92 Å². The first kappa shape index (κ1) is 9.27. The van der Waals surface area contributed by atoms with Crippen LogP contribution in [0.4, 0.5) is 0 Å². The predicted octanol–water partition coefficient (Wildman–Crippen LogP) is 1.49. The summed E-state index contributed by atoms with van der Waals surface area (Å²) in [4.78, 5) is 23.1. The summed E-state index contributed by atoms with van der Waals surface area (Å²) in [7, 11) is 0. The van der Waals surface area contributed by atoms with Gasteiger partial charge in [-0.3, -0.25) is 13.9 Å². The van der Waals surface area contributed by atoms with Crippen LogP contribution in [0.5, 0.6) is 0 Å². The van der Waals surface area contributed by atoms with E-state index in [2.05, 4.69) is 0 Å². The Balaban J connectivity index is 2.07. The van der Waals surface area contributed by atoms with Crippen LogP contribution in [-0.4, -0.2) is 22.0 Å². The number of hydrogen-bond donors (Lipinski definition) is 0. The van der Waals surface area contributed by atoms with Crippen LogP contribution >= 0.6 is 11.9 Å². The van der Waals surface area contributed by atoms with Crippen LogP contribution in [0.15, 0.2) is 35.2 Å². The third-order valence-electron chi connectivity index (χ3n) is 2.09. The quantitative estimate of drug-likeness (QED) is 0.419. The van der Waals surface area contributed by atoms with Crippen molar-refractivity contribution in [2.45, 2.75) is 17.9 Å². The fourth-order valence-electron chi connectivity index (χ4n) is 1.22. The number of nitrogens with zero attached hydrogens (tertiary/aromatic N) is 1. The molecule has 0 radical (unpaired) electrons. The molecule has 1 unspecified atom stereocenters. The molecule has 0 spiro atoms. The van der Waals surface area contributed by atoms with Gasteiger partial charge in [-0.1, -0.05) is 18.2 Å². The van der Waals surface area contributed by atoms with Crippen LogP contribution in [0, 0.1) is 0 Å². The highest BCUT2D eigenvalue weighted by Crippen LogP contribution is 2.30. The molecule has 3 nitrogen and oxygen atoms in total. The van der Waals surface area contributed by atoms with Gasteiger partial charge in [0.05, 0.1) is 0 Å². The summed E-state index contributed by atoms with van der Waals surface area (Å²) in [5.74, 6) is -0.695. The zero-order chi connectivity index (χ0) is 10.1. The van der Waals surface area contributed by atoms with Crippen LogP contribution in [0.25, 0.3) is 0 Å². The van der Waals surface area contributed by atoms with Crippen LogP contribution < -0.4 is 0 Å². The van der Waals surface area contributed by atoms with Crippen molar-refractivity contribution in [1.82, 2.24) is 4.31 Å². The Morgan fingerprint density at radius 3 is 2.43 bits per heavy atom. The van der Waals surface area contributed by atoms with Gasteiger partial charge in [-0.2, -0.15) is 0 Å². The average Bonchev–Trinajstić information content (AvgIpc) is 2.26. The minimum absolute atomic E-state index is 0.285. The van der Waals surface area contributed by atoms with Crippen molar-refractivity contribution in [1.29, 1.82) is 0 Å². The van der Waals surface area contributed by atoms with Gasteiger partial charge in [-0.15, -0.1) is 0 Å². The second-order valence-electron chi connectivity index (χ2n) is 3.08. The largest absolute Gasteiger partial charge is 0.303 e. The molecule has 1 amide bonds. The molecule has 1 saturated heterocycles. The van der Waals surface area contributed by atoms with E-state index in [-0.39, 0.29) is 11.8 Å². The van der Waals surface area contributed by atoms with Gasteiger partial charge in [0.2, 0.25) is 5.78 Å². The van der Waals surface area contributed by atoms with Gasteiger partial charge in [-0.05, 0) is 31.0 Å². The summed E-state index contributed by atoms with van der Waals surface area (Å²) in [5.41, 5.74) is 0. The van der Waals surface area contributed by atoms with Gasteiger partial charge in [0.15, 0.2) is 0 Å². The minimum atomic E-state index is -0.397. The summed E-state index contributed by atoms with van der Waals surface area (Å²) in [6.07, 6.45) is 0. The molecule has 0 saturated carbocycles. The Morgan fingerprint density at radius 2 is 1.86 bits per heavy atom. The normalized spacial score (nSPS) is 20.9. The maximum absolute atomic E-state index is 11.1. The zero-order valence-electron chi connectivity index (χ0n) is 7.64. The molecular weight excluding hydrogens is 198 g/mol. The van der Waals surface area contributed by atoms with E-state index in [1.807, 2.05) is 30.3 Å². The molecule has 1 aromatic rings. The number of rotatable bonds is 2. The Hall–Kier alpha value is -1.29. The summed E-state index contributed by atoms with van der Waals surface area (Å²) >= 11 is 1.31. The van der Waals surface area contributed by atoms with Crippen molar-refractivity contribution in [3.05, 3.63) is 30.3 Å². The Bertz CT molecular complexity index is 377. The Labute approximate surface area is 86.2 Å². The molecule has 14 heavy (non-hydrogen) atoms. The molecule has 1 fully saturated rings. The van der Waals surface area contributed by atoms with Crippen molar-refractivity contribution in [2.75, 3.05) is 0 Å². The van der Waals surface area contributed by atoms with Crippen LogP contribution in [-0.2, 0) is 9.59 Å². The van der Waals surface area contributed by atoms with E-state index in [9.17, 15) is 9.59 Å². The van der Waals surface area contributed by atoms with Crippen molar-refractivity contribution < 1.29 is 9.59 Å². The number of hydrogen-bond acceptors (Lipinski definition) is 3. The Kier molecular flexibility index (Phi) is 2.29. The van der Waals surface area contributed by atoms with Crippen molar-refractivity contribution >= 4 is 23.6 Å². The number of carbonyl (C=O) groups is 2. The summed E-state index contributed by atoms with van der Waals surface area (Å²) in [6, 6.07) is 9.25. The fraction of sp³-hybridized carbons (Fsp3) is 0.200. The van der Waals surface area contributed by atoms with Crippen molar-refractivity contribution in [3.8, 4) is 0 Å². The zero-order valence-corrected chi connectivity index (χ0v) is 8.45. The standard InChI is InChI=1S/C10H9NO2S/c1-7-9(12)10(13)11(7)14-8-5-3-2-4-6-8/h2-7H,1H3. The highest BCUT2D eigenvalue weighted by atomic mass is 32.2. The Morgan fingerprint density at radius 1 is 1.21 bits per heavy atom. The highest BCUT2D eigenvalue weighted by Gasteiger charge is 2.43. The summed E-state index contributed by atoms with van der Waals surface area (Å²) < 4.78 is 1.50. The number of amides is 1. The molecule has 0 bridgehead atoms. The second-order valence-corrected chi connectivity index (χ2v) is 4.12. The maximum atomic E-state index is 11.1. The first-order chi connectivity index (χ1) is 6.70. The van der Waals surface area contributed by atoms with Crippen molar-refractivity contribution in [3.63, 3.8) is 0 Å². The first-order valence-electron chi connectivity index (χ1n) is 4.30. The lowest BCUT2D eigenvalue weighted by atomic mass is 10.1. The second kappa shape index (κ2) is 3.46. The number of Topliss-reactive ketones (excluding diaryl/α,β-unsaturated/α-hetero) is 1. The number of carbonyl (C=O) groups excluding carboxylic acids is 2. The molecule has 0 N–H and O–H groups in total. The molecule has 1 aromatic carbocycles. The van der Waals surface area contributed by atoms with Gasteiger partial charge in [-0.25, -0.2) is 0 Å². The predicted molar refractivity (Wildman–Crippen MR) is 53.6 cm³/mol. The van der Waals surface area contributed by atoms with Gasteiger partial charge >= 0.3 is 5.91 Å². The number of benzene rings is 1. The molecule has 72 valence electrons. The minimum Gasteiger partial charge on any atom is -0.286 e. The molecular formula is C10H9NO2S. The summed E-state index contributed by atoms with van der Waals surface area (Å²) in [6.45, 7) is 1.74. The van der Waals surface area contributed by atoms with E-state index in [0.29, 0.717) is 0 Å². The van der Waals surface area contributed by atoms with Gasteiger partial charge in [0.25, 0.3) is 0 Å². The van der Waals surface area contributed by atoms with Crippen LogP contribution in [0.2, 0.25) is 0 Å². The number of β-lactam (4-membered cyclic amide) rings is 1. The van der Waals surface area contributed by atoms with Gasteiger partial charge in [0.1, 0.15) is 6.04 Å². The third kappa shape index (κ3) is 1.42. The average molecular weight is 207 g/mol. The third-order valence-corrected chi connectivity index (χ3v) is 3.25. The fourth-order valence-corrected chi connectivity index (χ4v) is 2.15. The monoisotopic (exact) mass is 207 g/mol. The van der Waals surface area contributed by atoms with E-state index in [1.54, 1.807) is 6.92 Å². The van der Waals surface area contributed by atoms with E-state index in [0.717, 1.165) is 4.90 Å². The topological polar surface area (TPSA) is 37.4 Å². The van der Waals surface area contributed by atoms with Gasteiger partial charge < -0.3 is 0 Å². The smallest absolute Gasteiger partial charge is 0.286 e. The van der Waals surface area contributed by atoms with E-state index < -0.39 is 5.91 Å². The highest BCUT2D eigenvalue weighted by molar-refractivity contribution is 7.97. The summed E-state index contributed by atoms with van der Waals surface area (Å²) in [5, 5.41) is 0. The van der Waals surface area contributed by atoms with E-state index >= 15 is 0 Å². The molecule has 4 heteroatoms. The van der Waals surface area contributed by atoms with Crippen LogP contribution in [0.3, 0.4) is 0 Å². The van der Waals surface area contributed by atoms with Gasteiger partial charge in [0, 0.05) is 4.90 Å². The molecule has 1 atom stereocenters. The SMILES string of the molecule is CC1C(=O)C(=O)N1Sc1ccccc1. The number of ketones is 1. The lowest BCUT2D eigenvalue weighted by Gasteiger charge is -2.34. The van der Waals surface area contributed by atoms with E-state index in [4.69, 9.17) is 0 Å². The first-order valence-corrected chi connectivity index (χ1v) is 5.08. The lowest BCUT2D eigenvalue weighted by Crippen LogP contribution is -2.56. The molecule has 1 heterocycles.